The Morgan fingerprint density at radius 2 is 1.78 bits per heavy atom. The first-order valence-corrected chi connectivity index (χ1v) is 8.63. The predicted octanol–water partition coefficient (Wildman–Crippen LogP) is 2.27. The van der Waals surface area contributed by atoms with Crippen LogP contribution in [0.2, 0.25) is 0 Å². The Morgan fingerprint density at radius 3 is 2.59 bits per heavy atom. The first kappa shape index (κ1) is 16.8. The van der Waals surface area contributed by atoms with Crippen LogP contribution in [0.4, 0.5) is 10.5 Å². The summed E-state index contributed by atoms with van der Waals surface area (Å²) in [7, 11) is 0. The van der Waals surface area contributed by atoms with Gasteiger partial charge >= 0.3 is 6.03 Å². The number of aromatic nitrogens is 1. The van der Waals surface area contributed by atoms with E-state index < -0.39 is 23.9 Å². The van der Waals surface area contributed by atoms with Gasteiger partial charge in [-0.15, -0.1) is 0 Å². The highest BCUT2D eigenvalue weighted by Gasteiger charge is 2.39. The van der Waals surface area contributed by atoms with Crippen LogP contribution in [0.15, 0.2) is 60.8 Å². The van der Waals surface area contributed by atoms with Crippen molar-refractivity contribution in [1.82, 2.24) is 15.2 Å². The third-order valence-electron chi connectivity index (χ3n) is 4.57. The van der Waals surface area contributed by atoms with Crippen molar-refractivity contribution in [3.63, 3.8) is 0 Å². The quantitative estimate of drug-likeness (QED) is 0.608. The molecule has 1 saturated heterocycles. The predicted molar refractivity (Wildman–Crippen MR) is 101 cm³/mol. The van der Waals surface area contributed by atoms with E-state index in [1.165, 1.54) is 0 Å². The molecular formula is C20H18N4O3. The van der Waals surface area contributed by atoms with Gasteiger partial charge in [-0.05, 0) is 23.8 Å². The van der Waals surface area contributed by atoms with E-state index in [-0.39, 0.29) is 6.54 Å². The van der Waals surface area contributed by atoms with Crippen LogP contribution < -0.4 is 10.6 Å². The lowest BCUT2D eigenvalue weighted by molar-refractivity contribution is -0.130. The fraction of sp³-hybridized carbons (Fsp3) is 0.150. The van der Waals surface area contributed by atoms with E-state index in [1.54, 1.807) is 24.3 Å². The van der Waals surface area contributed by atoms with E-state index in [0.717, 1.165) is 21.4 Å². The molecule has 27 heavy (non-hydrogen) atoms. The van der Waals surface area contributed by atoms with Crippen LogP contribution >= 0.6 is 0 Å². The average molecular weight is 362 g/mol. The number of fused-ring (bicyclic) bond motifs is 1. The van der Waals surface area contributed by atoms with E-state index in [2.05, 4.69) is 15.6 Å². The molecule has 0 aliphatic carbocycles. The molecule has 1 fully saturated rings. The molecule has 7 nitrogen and oxygen atoms in total. The summed E-state index contributed by atoms with van der Waals surface area (Å²) in [6, 6.07) is 15.4. The summed E-state index contributed by atoms with van der Waals surface area (Å²) in [6.07, 6.45) is 2.21. The highest BCUT2D eigenvalue weighted by Crippen LogP contribution is 2.21. The number of aromatic amines is 1. The highest BCUT2D eigenvalue weighted by atomic mass is 16.2. The van der Waals surface area contributed by atoms with Gasteiger partial charge < -0.3 is 15.6 Å². The molecule has 1 aromatic heterocycles. The van der Waals surface area contributed by atoms with Crippen LogP contribution in [-0.4, -0.2) is 40.3 Å². The van der Waals surface area contributed by atoms with E-state index in [0.29, 0.717) is 12.1 Å². The third-order valence-corrected chi connectivity index (χ3v) is 4.57. The van der Waals surface area contributed by atoms with Crippen LogP contribution in [-0.2, 0) is 16.0 Å². The number of carbonyl (C=O) groups is 3. The number of nitrogens with one attached hydrogen (secondary N) is 3. The second-order valence-electron chi connectivity index (χ2n) is 6.40. The number of urea groups is 1. The van der Waals surface area contributed by atoms with Crippen molar-refractivity contribution < 1.29 is 14.4 Å². The third kappa shape index (κ3) is 3.39. The molecule has 0 saturated carbocycles. The van der Waals surface area contributed by atoms with Crippen molar-refractivity contribution in [2.75, 3.05) is 11.9 Å². The van der Waals surface area contributed by atoms with Crippen molar-refractivity contribution in [2.24, 2.45) is 0 Å². The standard InChI is InChI=1S/C20H18N4O3/c25-18(22-14-6-2-1-3-7-14)12-24-19(26)17(23-20(24)27)10-13-11-21-16-9-5-4-8-15(13)16/h1-9,11,17,21H,10,12H2,(H,22,25)(H,23,27). The van der Waals surface area contributed by atoms with Crippen LogP contribution in [0.1, 0.15) is 5.56 Å². The zero-order chi connectivity index (χ0) is 18.8. The number of amides is 4. The largest absolute Gasteiger partial charge is 0.361 e. The van der Waals surface area contributed by atoms with Crippen molar-refractivity contribution in [3.8, 4) is 0 Å². The summed E-state index contributed by atoms with van der Waals surface area (Å²) in [6.45, 7) is -0.316. The molecule has 4 amide bonds. The second kappa shape index (κ2) is 6.95. The van der Waals surface area contributed by atoms with Gasteiger partial charge in [0.15, 0.2) is 0 Å². The van der Waals surface area contributed by atoms with Crippen molar-refractivity contribution >= 4 is 34.4 Å². The van der Waals surface area contributed by atoms with Gasteiger partial charge in [0.1, 0.15) is 12.6 Å². The molecule has 1 unspecified atom stereocenters. The number of imide groups is 1. The molecule has 1 aliphatic heterocycles. The molecule has 0 spiro atoms. The molecule has 3 aromatic rings. The Balaban J connectivity index is 1.43. The number of anilines is 1. The minimum Gasteiger partial charge on any atom is -0.361 e. The van der Waals surface area contributed by atoms with Crippen LogP contribution in [0.25, 0.3) is 10.9 Å². The summed E-state index contributed by atoms with van der Waals surface area (Å²) in [5.41, 5.74) is 2.54. The molecule has 4 rings (SSSR count). The second-order valence-corrected chi connectivity index (χ2v) is 6.40. The van der Waals surface area contributed by atoms with Gasteiger partial charge in [-0.1, -0.05) is 36.4 Å². The summed E-state index contributed by atoms with van der Waals surface area (Å²) >= 11 is 0. The fourth-order valence-electron chi connectivity index (χ4n) is 3.25. The number of rotatable bonds is 5. The van der Waals surface area contributed by atoms with Crippen molar-refractivity contribution in [2.45, 2.75) is 12.5 Å². The topological polar surface area (TPSA) is 94.3 Å². The number of carbonyl (C=O) groups excluding carboxylic acids is 3. The molecule has 0 radical (unpaired) electrons. The smallest absolute Gasteiger partial charge is 0.325 e. The zero-order valence-corrected chi connectivity index (χ0v) is 14.4. The van der Waals surface area contributed by atoms with Gasteiger partial charge in [0.25, 0.3) is 5.91 Å². The number of benzene rings is 2. The van der Waals surface area contributed by atoms with E-state index in [9.17, 15) is 14.4 Å². The maximum atomic E-state index is 12.6. The van der Waals surface area contributed by atoms with Gasteiger partial charge in [0.2, 0.25) is 5.91 Å². The monoisotopic (exact) mass is 362 g/mol. The molecule has 1 aliphatic rings. The first-order chi connectivity index (χ1) is 13.1. The lowest BCUT2D eigenvalue weighted by atomic mass is 10.1. The summed E-state index contributed by atoms with van der Waals surface area (Å²) < 4.78 is 0. The van der Waals surface area contributed by atoms with Crippen LogP contribution in [0.5, 0.6) is 0 Å². The lowest BCUT2D eigenvalue weighted by Gasteiger charge is -2.13. The number of nitrogens with zero attached hydrogens (tertiary/aromatic N) is 1. The Labute approximate surface area is 155 Å². The maximum absolute atomic E-state index is 12.6. The van der Waals surface area contributed by atoms with Gasteiger partial charge in [-0.25, -0.2) is 4.79 Å². The molecule has 2 heterocycles. The average Bonchev–Trinajstić information content (AvgIpc) is 3.19. The minimum atomic E-state index is -0.679. The molecule has 7 heteroatoms. The Kier molecular flexibility index (Phi) is 4.33. The van der Waals surface area contributed by atoms with Crippen LogP contribution in [0.3, 0.4) is 0 Å². The lowest BCUT2D eigenvalue weighted by Crippen LogP contribution is -2.38. The highest BCUT2D eigenvalue weighted by molar-refractivity contribution is 6.08. The van der Waals surface area contributed by atoms with Gasteiger partial charge in [0, 0.05) is 29.2 Å². The zero-order valence-electron chi connectivity index (χ0n) is 14.4. The molecule has 1 atom stereocenters. The number of hydrogen-bond acceptors (Lipinski definition) is 3. The molecular weight excluding hydrogens is 344 g/mol. The Hall–Kier alpha value is -3.61. The summed E-state index contributed by atoms with van der Waals surface area (Å²) in [5.74, 6) is -0.814. The number of H-pyrrole nitrogens is 1. The van der Waals surface area contributed by atoms with E-state index >= 15 is 0 Å². The first-order valence-electron chi connectivity index (χ1n) is 8.63. The SMILES string of the molecule is O=C(CN1C(=O)NC(Cc2c[nH]c3ccccc23)C1=O)Nc1ccccc1. The van der Waals surface area contributed by atoms with Gasteiger partial charge in [0.05, 0.1) is 0 Å². The van der Waals surface area contributed by atoms with Gasteiger partial charge in [-0.3, -0.25) is 14.5 Å². The van der Waals surface area contributed by atoms with E-state index in [4.69, 9.17) is 0 Å². The van der Waals surface area contributed by atoms with Gasteiger partial charge in [-0.2, -0.15) is 0 Å². The summed E-state index contributed by atoms with van der Waals surface area (Å²) in [5, 5.41) is 6.36. The van der Waals surface area contributed by atoms with E-state index in [1.807, 2.05) is 36.5 Å². The van der Waals surface area contributed by atoms with Crippen molar-refractivity contribution in [1.29, 1.82) is 0 Å². The molecule has 3 N–H and O–H groups in total. The molecule has 0 bridgehead atoms. The number of hydrogen-bond donors (Lipinski definition) is 3. The maximum Gasteiger partial charge on any atom is 0.325 e. The minimum absolute atomic E-state index is 0.316. The fourth-order valence-corrected chi connectivity index (χ4v) is 3.25. The normalized spacial score (nSPS) is 16.6. The molecule has 136 valence electrons. The molecule has 2 aromatic carbocycles. The number of para-hydroxylation sites is 2. The van der Waals surface area contributed by atoms with Crippen molar-refractivity contribution in [3.05, 3.63) is 66.4 Å². The van der Waals surface area contributed by atoms with Crippen LogP contribution in [0, 0.1) is 0 Å². The Bertz CT molecular complexity index is 1010. The summed E-state index contributed by atoms with van der Waals surface area (Å²) in [4.78, 5) is 41.1. The Morgan fingerprint density at radius 1 is 1.04 bits per heavy atom.